The summed E-state index contributed by atoms with van der Waals surface area (Å²) in [6.45, 7) is 6.38. The Hall–Kier alpha value is -1.84. The van der Waals surface area contributed by atoms with Crippen LogP contribution in [0.4, 0.5) is 5.69 Å². The number of anilines is 1. The second-order valence-electron chi connectivity index (χ2n) is 5.94. The topological polar surface area (TPSA) is 58.2 Å². The first-order chi connectivity index (χ1) is 9.45. The summed E-state index contributed by atoms with van der Waals surface area (Å²) in [7, 11) is 0. The van der Waals surface area contributed by atoms with E-state index in [0.29, 0.717) is 17.9 Å². The van der Waals surface area contributed by atoms with E-state index in [1.54, 1.807) is 12.1 Å². The lowest BCUT2D eigenvalue weighted by molar-refractivity contribution is -0.115. The van der Waals surface area contributed by atoms with Gasteiger partial charge in [0.1, 0.15) is 0 Å². The molecule has 108 valence electrons. The fourth-order valence-electron chi connectivity index (χ4n) is 2.32. The van der Waals surface area contributed by atoms with E-state index >= 15 is 0 Å². The molecule has 0 aliphatic carbocycles. The molecule has 0 bridgehead atoms. The van der Waals surface area contributed by atoms with Crippen LogP contribution in [0.3, 0.4) is 0 Å². The van der Waals surface area contributed by atoms with Crippen molar-refractivity contribution < 1.29 is 9.59 Å². The van der Waals surface area contributed by atoms with Gasteiger partial charge in [0.05, 0.1) is 6.42 Å². The Balaban J connectivity index is 1.96. The van der Waals surface area contributed by atoms with Crippen molar-refractivity contribution >= 4 is 17.5 Å². The molecule has 1 unspecified atom stereocenters. The van der Waals surface area contributed by atoms with Crippen molar-refractivity contribution in [1.29, 1.82) is 0 Å². The number of rotatable bonds is 5. The first-order valence-corrected chi connectivity index (χ1v) is 7.19. The van der Waals surface area contributed by atoms with Crippen LogP contribution in [0.15, 0.2) is 18.2 Å². The lowest BCUT2D eigenvalue weighted by atomic mass is 10.0. The van der Waals surface area contributed by atoms with E-state index in [0.717, 1.165) is 24.1 Å². The molecule has 0 aromatic heterocycles. The van der Waals surface area contributed by atoms with Gasteiger partial charge in [-0.3, -0.25) is 9.59 Å². The fourth-order valence-corrected chi connectivity index (χ4v) is 2.32. The Morgan fingerprint density at radius 1 is 1.30 bits per heavy atom. The summed E-state index contributed by atoms with van der Waals surface area (Å²) in [5.74, 6) is 0.553. The summed E-state index contributed by atoms with van der Waals surface area (Å²) in [5, 5.41) is 5.77. The lowest BCUT2D eigenvalue weighted by Gasteiger charge is -2.15. The molecule has 1 heterocycles. The Morgan fingerprint density at radius 3 is 2.75 bits per heavy atom. The zero-order valence-corrected chi connectivity index (χ0v) is 12.3. The minimum Gasteiger partial charge on any atom is -0.350 e. The molecule has 1 aromatic carbocycles. The maximum Gasteiger partial charge on any atom is 0.251 e. The summed E-state index contributed by atoms with van der Waals surface area (Å²) in [6.07, 6.45) is 2.48. The van der Waals surface area contributed by atoms with Gasteiger partial charge in [0, 0.05) is 17.3 Å². The highest BCUT2D eigenvalue weighted by atomic mass is 16.2. The van der Waals surface area contributed by atoms with Crippen molar-refractivity contribution in [2.24, 2.45) is 5.92 Å². The summed E-state index contributed by atoms with van der Waals surface area (Å²) in [5.41, 5.74) is 2.32. The third kappa shape index (κ3) is 3.59. The van der Waals surface area contributed by atoms with Crippen molar-refractivity contribution in [3.8, 4) is 0 Å². The van der Waals surface area contributed by atoms with Crippen LogP contribution in [0.2, 0.25) is 0 Å². The molecule has 1 aliphatic heterocycles. The molecule has 0 saturated heterocycles. The van der Waals surface area contributed by atoms with Crippen LogP contribution >= 0.6 is 0 Å². The molecule has 2 amide bonds. The smallest absolute Gasteiger partial charge is 0.251 e. The van der Waals surface area contributed by atoms with E-state index in [4.69, 9.17) is 0 Å². The van der Waals surface area contributed by atoms with Crippen LogP contribution in [-0.4, -0.2) is 17.9 Å². The minimum atomic E-state index is -0.0785. The van der Waals surface area contributed by atoms with Crippen LogP contribution in [-0.2, 0) is 11.2 Å². The van der Waals surface area contributed by atoms with Crippen molar-refractivity contribution in [2.45, 2.75) is 46.1 Å². The van der Waals surface area contributed by atoms with Gasteiger partial charge in [0.25, 0.3) is 5.91 Å². The predicted molar refractivity (Wildman–Crippen MR) is 79.8 cm³/mol. The monoisotopic (exact) mass is 274 g/mol. The number of hydrogen-bond acceptors (Lipinski definition) is 2. The van der Waals surface area contributed by atoms with E-state index in [9.17, 15) is 9.59 Å². The zero-order valence-electron chi connectivity index (χ0n) is 12.3. The van der Waals surface area contributed by atoms with Crippen LogP contribution in [0.1, 0.15) is 49.5 Å². The maximum atomic E-state index is 12.2. The average Bonchev–Trinajstić information content (AvgIpc) is 2.75. The predicted octanol–water partition coefficient (Wildman–Crippen LogP) is 2.74. The first kappa shape index (κ1) is 14.6. The number of amides is 2. The van der Waals surface area contributed by atoms with Gasteiger partial charge in [-0.05, 0) is 43.4 Å². The molecular formula is C16H22N2O2. The Kier molecular flexibility index (Phi) is 4.42. The second-order valence-corrected chi connectivity index (χ2v) is 5.94. The summed E-state index contributed by atoms with van der Waals surface area (Å²) in [6, 6.07) is 5.54. The van der Waals surface area contributed by atoms with Gasteiger partial charge >= 0.3 is 0 Å². The summed E-state index contributed by atoms with van der Waals surface area (Å²) >= 11 is 0. The van der Waals surface area contributed by atoms with Gasteiger partial charge in [-0.15, -0.1) is 0 Å². The van der Waals surface area contributed by atoms with Crippen LogP contribution in [0.25, 0.3) is 0 Å². The van der Waals surface area contributed by atoms with Crippen molar-refractivity contribution in [3.63, 3.8) is 0 Å². The van der Waals surface area contributed by atoms with Crippen LogP contribution in [0, 0.1) is 5.92 Å². The van der Waals surface area contributed by atoms with Gasteiger partial charge in [0.15, 0.2) is 0 Å². The number of benzene rings is 1. The van der Waals surface area contributed by atoms with Gasteiger partial charge < -0.3 is 10.6 Å². The van der Waals surface area contributed by atoms with Gasteiger partial charge in [-0.25, -0.2) is 0 Å². The normalized spacial score (nSPS) is 14.9. The van der Waals surface area contributed by atoms with Gasteiger partial charge in [0.2, 0.25) is 5.91 Å². The van der Waals surface area contributed by atoms with Gasteiger partial charge in [-0.1, -0.05) is 19.9 Å². The SMILES string of the molecule is CC(C)CCC(C)NC(=O)c1ccc2c(c1)NC(=O)C2. The largest absolute Gasteiger partial charge is 0.350 e. The zero-order chi connectivity index (χ0) is 14.7. The highest BCUT2D eigenvalue weighted by Gasteiger charge is 2.19. The Morgan fingerprint density at radius 2 is 2.05 bits per heavy atom. The maximum absolute atomic E-state index is 12.2. The standard InChI is InChI=1S/C16H22N2O2/c1-10(2)4-5-11(3)17-16(20)13-7-6-12-9-15(19)18-14(12)8-13/h6-8,10-11H,4-5,9H2,1-3H3,(H,17,20)(H,18,19). The molecule has 2 N–H and O–H groups in total. The molecule has 0 fully saturated rings. The van der Waals surface area contributed by atoms with E-state index in [2.05, 4.69) is 24.5 Å². The third-order valence-corrected chi connectivity index (χ3v) is 3.55. The molecule has 20 heavy (non-hydrogen) atoms. The quantitative estimate of drug-likeness (QED) is 0.867. The Labute approximate surface area is 119 Å². The highest BCUT2D eigenvalue weighted by Crippen LogP contribution is 2.24. The molecular weight excluding hydrogens is 252 g/mol. The molecule has 4 heteroatoms. The molecule has 1 aromatic rings. The summed E-state index contributed by atoms with van der Waals surface area (Å²) in [4.78, 5) is 23.5. The summed E-state index contributed by atoms with van der Waals surface area (Å²) < 4.78 is 0. The molecule has 2 rings (SSSR count). The number of carbonyl (C=O) groups is 2. The van der Waals surface area contributed by atoms with E-state index in [-0.39, 0.29) is 17.9 Å². The molecule has 4 nitrogen and oxygen atoms in total. The Bertz CT molecular complexity index is 523. The van der Waals surface area contributed by atoms with E-state index < -0.39 is 0 Å². The second kappa shape index (κ2) is 6.07. The van der Waals surface area contributed by atoms with Crippen LogP contribution < -0.4 is 10.6 Å². The first-order valence-electron chi connectivity index (χ1n) is 7.19. The third-order valence-electron chi connectivity index (χ3n) is 3.55. The molecule has 1 aliphatic rings. The number of carbonyl (C=O) groups excluding carboxylic acids is 2. The highest BCUT2D eigenvalue weighted by molar-refractivity contribution is 6.02. The van der Waals surface area contributed by atoms with E-state index in [1.165, 1.54) is 0 Å². The number of nitrogens with one attached hydrogen (secondary N) is 2. The van der Waals surface area contributed by atoms with E-state index in [1.807, 2.05) is 13.0 Å². The fraction of sp³-hybridized carbons (Fsp3) is 0.500. The average molecular weight is 274 g/mol. The van der Waals surface area contributed by atoms with Crippen molar-refractivity contribution in [2.75, 3.05) is 5.32 Å². The van der Waals surface area contributed by atoms with Crippen molar-refractivity contribution in [3.05, 3.63) is 29.3 Å². The number of fused-ring (bicyclic) bond motifs is 1. The lowest BCUT2D eigenvalue weighted by Crippen LogP contribution is -2.32. The molecule has 0 spiro atoms. The number of hydrogen-bond donors (Lipinski definition) is 2. The molecule has 0 saturated carbocycles. The minimum absolute atomic E-state index is 0.0112. The van der Waals surface area contributed by atoms with Crippen molar-refractivity contribution in [1.82, 2.24) is 5.32 Å². The van der Waals surface area contributed by atoms with Crippen LogP contribution in [0.5, 0.6) is 0 Å². The van der Waals surface area contributed by atoms with Gasteiger partial charge in [-0.2, -0.15) is 0 Å². The molecule has 0 radical (unpaired) electrons. The molecule has 1 atom stereocenters.